The lowest BCUT2D eigenvalue weighted by atomic mass is 9.76. The molecule has 1 aromatic carbocycles. The van der Waals surface area contributed by atoms with Crippen molar-refractivity contribution in [2.45, 2.75) is 90.1 Å². The normalized spacial score (nSPS) is 21.4. The van der Waals surface area contributed by atoms with Crippen LogP contribution in [0.4, 0.5) is 0 Å². The van der Waals surface area contributed by atoms with Gasteiger partial charge in [-0.1, -0.05) is 38.8 Å². The molecule has 1 atom stereocenters. The monoisotopic (exact) mass is 353 g/mol. The molecule has 1 aliphatic rings. The van der Waals surface area contributed by atoms with E-state index in [9.17, 15) is 0 Å². The predicted molar refractivity (Wildman–Crippen MR) is 109 cm³/mol. The molecule has 26 heavy (non-hydrogen) atoms. The van der Waals surface area contributed by atoms with Crippen molar-refractivity contribution in [1.29, 1.82) is 5.26 Å². The maximum atomic E-state index is 8.93. The minimum absolute atomic E-state index is 0.369. The number of hydrogen-bond acceptors (Lipinski definition) is 2. The first-order valence-electron chi connectivity index (χ1n) is 10.6. The summed E-state index contributed by atoms with van der Waals surface area (Å²) in [7, 11) is 0. The molecule has 1 saturated carbocycles. The Morgan fingerprint density at radius 3 is 2.46 bits per heavy atom. The molecule has 0 radical (unpaired) electrons. The molecule has 1 fully saturated rings. The Kier molecular flexibility index (Phi) is 9.32. The van der Waals surface area contributed by atoms with Crippen LogP contribution in [0.25, 0.3) is 0 Å². The highest BCUT2D eigenvalue weighted by Gasteiger charge is 2.24. The summed E-state index contributed by atoms with van der Waals surface area (Å²) >= 11 is 0. The quantitative estimate of drug-likeness (QED) is 0.331. The molecule has 2 heteroatoms. The van der Waals surface area contributed by atoms with Gasteiger partial charge in [-0.05, 0) is 87.0 Å². The van der Waals surface area contributed by atoms with E-state index >= 15 is 0 Å². The topological polar surface area (TPSA) is 33.0 Å². The van der Waals surface area contributed by atoms with Gasteiger partial charge in [-0.2, -0.15) is 5.26 Å². The van der Waals surface area contributed by atoms with E-state index in [1.807, 2.05) is 18.4 Å². The number of unbranched alkanes of at least 4 members (excludes halogenated alkanes) is 3. The summed E-state index contributed by atoms with van der Waals surface area (Å²) in [4.78, 5) is 0. The summed E-state index contributed by atoms with van der Waals surface area (Å²) in [6, 6.07) is 10.4. The summed E-state index contributed by atoms with van der Waals surface area (Å²) in [6.45, 7) is 4.47. The first-order valence-corrected chi connectivity index (χ1v) is 10.6. The Bertz CT molecular complexity index is 561. The largest absolute Gasteiger partial charge is 0.498 e. The number of allylic oxidation sites excluding steroid dienone is 1. The molecule has 0 amide bonds. The van der Waals surface area contributed by atoms with Crippen LogP contribution in [0.1, 0.15) is 95.1 Å². The van der Waals surface area contributed by atoms with Crippen LogP contribution in [0.2, 0.25) is 0 Å². The van der Waals surface area contributed by atoms with Crippen molar-refractivity contribution in [3.05, 3.63) is 47.7 Å². The Balaban J connectivity index is 1.71. The molecule has 0 spiro atoms. The van der Waals surface area contributed by atoms with Crippen LogP contribution in [-0.4, -0.2) is 6.10 Å². The lowest BCUT2D eigenvalue weighted by Crippen LogP contribution is -2.19. The third-order valence-corrected chi connectivity index (χ3v) is 5.75. The fourth-order valence-corrected chi connectivity index (χ4v) is 4.00. The first kappa shape index (κ1) is 20.6. The smallest absolute Gasteiger partial charge is 0.0991 e. The van der Waals surface area contributed by atoms with Gasteiger partial charge in [0.25, 0.3) is 0 Å². The molecule has 0 aliphatic heterocycles. The second-order valence-electron chi connectivity index (χ2n) is 7.72. The Hall–Kier alpha value is -1.75. The van der Waals surface area contributed by atoms with Crippen LogP contribution in [-0.2, 0) is 4.74 Å². The second-order valence-corrected chi connectivity index (χ2v) is 7.72. The maximum Gasteiger partial charge on any atom is 0.0991 e. The van der Waals surface area contributed by atoms with Crippen LogP contribution >= 0.6 is 0 Å². The van der Waals surface area contributed by atoms with Crippen LogP contribution < -0.4 is 0 Å². The van der Waals surface area contributed by atoms with Gasteiger partial charge in [-0.15, -0.1) is 0 Å². The van der Waals surface area contributed by atoms with Crippen molar-refractivity contribution in [1.82, 2.24) is 0 Å². The molecule has 1 aromatic rings. The Labute approximate surface area is 160 Å². The molecule has 2 rings (SSSR count). The van der Waals surface area contributed by atoms with Crippen molar-refractivity contribution in [3.63, 3.8) is 0 Å². The third-order valence-electron chi connectivity index (χ3n) is 5.75. The Morgan fingerprint density at radius 2 is 1.85 bits per heavy atom. The van der Waals surface area contributed by atoms with Crippen LogP contribution in [0.5, 0.6) is 0 Å². The standard InChI is InChI=1S/C24H35NO/c1-3-5-6-7-8-17-26-24(4-2)18-20-9-13-22(14-10-20)23-15-11-21(19-25)12-16-23/h8,11-12,15-17,20,22,24H,3-7,9-10,13-14,18H2,1-2H3/b17-8+. The van der Waals surface area contributed by atoms with Gasteiger partial charge in [0.2, 0.25) is 0 Å². The molecular formula is C24H35NO. The highest BCUT2D eigenvalue weighted by molar-refractivity contribution is 5.33. The number of benzene rings is 1. The molecule has 2 nitrogen and oxygen atoms in total. The zero-order valence-corrected chi connectivity index (χ0v) is 16.6. The number of rotatable bonds is 10. The van der Waals surface area contributed by atoms with E-state index in [1.165, 1.54) is 56.9 Å². The van der Waals surface area contributed by atoms with E-state index in [0.29, 0.717) is 12.0 Å². The van der Waals surface area contributed by atoms with E-state index in [1.54, 1.807) is 0 Å². The predicted octanol–water partition coefficient (Wildman–Crippen LogP) is 7.11. The van der Waals surface area contributed by atoms with Gasteiger partial charge in [0.1, 0.15) is 0 Å². The lowest BCUT2D eigenvalue weighted by Gasteiger charge is -2.30. The van der Waals surface area contributed by atoms with E-state index in [2.05, 4.69) is 38.1 Å². The zero-order chi connectivity index (χ0) is 18.6. The summed E-state index contributed by atoms with van der Waals surface area (Å²) in [5.41, 5.74) is 2.16. The van der Waals surface area contributed by atoms with Crippen molar-refractivity contribution >= 4 is 0 Å². The van der Waals surface area contributed by atoms with E-state index in [-0.39, 0.29) is 0 Å². The summed E-state index contributed by atoms with van der Waals surface area (Å²) < 4.78 is 6.00. The van der Waals surface area contributed by atoms with Gasteiger partial charge >= 0.3 is 0 Å². The number of nitrogens with zero attached hydrogens (tertiary/aromatic N) is 1. The molecule has 1 unspecified atom stereocenters. The van der Waals surface area contributed by atoms with Crippen molar-refractivity contribution in [2.75, 3.05) is 0 Å². The SMILES string of the molecule is CCCCC/C=C/OC(CC)CC1CCC(c2ccc(C#N)cc2)CC1. The van der Waals surface area contributed by atoms with E-state index in [4.69, 9.17) is 10.00 Å². The van der Waals surface area contributed by atoms with Gasteiger partial charge in [-0.3, -0.25) is 0 Å². The average Bonchev–Trinajstić information content (AvgIpc) is 2.70. The number of hydrogen-bond donors (Lipinski definition) is 0. The van der Waals surface area contributed by atoms with E-state index < -0.39 is 0 Å². The van der Waals surface area contributed by atoms with E-state index in [0.717, 1.165) is 24.3 Å². The van der Waals surface area contributed by atoms with Crippen molar-refractivity contribution in [2.24, 2.45) is 5.92 Å². The molecule has 0 bridgehead atoms. The summed E-state index contributed by atoms with van der Waals surface area (Å²) in [5.74, 6) is 1.46. The van der Waals surface area contributed by atoms with Gasteiger partial charge in [-0.25, -0.2) is 0 Å². The highest BCUT2D eigenvalue weighted by atomic mass is 16.5. The lowest BCUT2D eigenvalue weighted by molar-refractivity contribution is 0.102. The molecule has 142 valence electrons. The zero-order valence-electron chi connectivity index (χ0n) is 16.6. The summed E-state index contributed by atoms with van der Waals surface area (Å²) in [6.07, 6.45) is 16.9. The van der Waals surface area contributed by atoms with Crippen LogP contribution in [0, 0.1) is 17.2 Å². The second kappa shape index (κ2) is 11.8. The Morgan fingerprint density at radius 1 is 1.12 bits per heavy atom. The fourth-order valence-electron chi connectivity index (χ4n) is 4.00. The van der Waals surface area contributed by atoms with Gasteiger partial charge < -0.3 is 4.74 Å². The third kappa shape index (κ3) is 6.87. The van der Waals surface area contributed by atoms with Gasteiger partial charge in [0, 0.05) is 0 Å². The number of ether oxygens (including phenoxy) is 1. The molecule has 0 saturated heterocycles. The molecule has 1 aliphatic carbocycles. The fraction of sp³-hybridized carbons (Fsp3) is 0.625. The van der Waals surface area contributed by atoms with Gasteiger partial charge in [0.15, 0.2) is 0 Å². The molecular weight excluding hydrogens is 318 g/mol. The highest BCUT2D eigenvalue weighted by Crippen LogP contribution is 2.38. The van der Waals surface area contributed by atoms with Crippen molar-refractivity contribution in [3.8, 4) is 6.07 Å². The molecule has 0 aromatic heterocycles. The van der Waals surface area contributed by atoms with Crippen molar-refractivity contribution < 1.29 is 4.74 Å². The van der Waals surface area contributed by atoms with Crippen LogP contribution in [0.3, 0.4) is 0 Å². The minimum atomic E-state index is 0.369. The summed E-state index contributed by atoms with van der Waals surface area (Å²) in [5, 5.41) is 8.93. The first-order chi connectivity index (χ1) is 12.8. The average molecular weight is 354 g/mol. The number of nitriles is 1. The van der Waals surface area contributed by atoms with Gasteiger partial charge in [0.05, 0.1) is 24.0 Å². The molecule has 0 heterocycles. The minimum Gasteiger partial charge on any atom is -0.498 e. The van der Waals surface area contributed by atoms with Crippen LogP contribution in [0.15, 0.2) is 36.6 Å². The molecule has 0 N–H and O–H groups in total. The maximum absolute atomic E-state index is 8.93.